The zero-order valence-electron chi connectivity index (χ0n) is 14.3. The fourth-order valence-corrected chi connectivity index (χ4v) is 3.55. The van der Waals surface area contributed by atoms with Gasteiger partial charge in [0.1, 0.15) is 11.6 Å². The summed E-state index contributed by atoms with van der Waals surface area (Å²) in [4.78, 5) is 20.8. The second-order valence-corrected chi connectivity index (χ2v) is 6.95. The number of halogens is 3. The van der Waals surface area contributed by atoms with Crippen molar-refractivity contribution >= 4 is 46.7 Å². The third-order valence-electron chi connectivity index (χ3n) is 4.86. The van der Waals surface area contributed by atoms with Gasteiger partial charge in [-0.3, -0.25) is 4.79 Å². The monoisotopic (exact) mass is 409 g/mol. The summed E-state index contributed by atoms with van der Waals surface area (Å²) < 4.78 is 14.4. The Labute approximate surface area is 166 Å². The lowest BCUT2D eigenvalue weighted by molar-refractivity contribution is -0.142. The molecule has 4 rings (SSSR count). The highest BCUT2D eigenvalue weighted by Crippen LogP contribution is 2.30. The van der Waals surface area contributed by atoms with Crippen LogP contribution < -0.4 is 4.90 Å². The molecule has 8 heteroatoms. The third kappa shape index (κ3) is 3.87. The van der Waals surface area contributed by atoms with Crippen LogP contribution in [-0.4, -0.2) is 34.1 Å². The molecule has 2 heterocycles. The lowest BCUT2D eigenvalue weighted by Crippen LogP contribution is -2.36. The van der Waals surface area contributed by atoms with E-state index >= 15 is 0 Å². The molecule has 3 aromatic rings. The number of imidazole rings is 1. The number of nitrogens with zero attached hydrogens (tertiary/aromatic N) is 2. The van der Waals surface area contributed by atoms with Crippen LogP contribution in [0.15, 0.2) is 36.4 Å². The van der Waals surface area contributed by atoms with Gasteiger partial charge in [0.25, 0.3) is 0 Å². The van der Waals surface area contributed by atoms with E-state index in [1.807, 2.05) is 6.07 Å². The Morgan fingerprint density at radius 2 is 1.96 bits per heavy atom. The Balaban J connectivity index is 0.00000210. The van der Waals surface area contributed by atoms with Crippen LogP contribution in [0.1, 0.15) is 12.8 Å². The van der Waals surface area contributed by atoms with Gasteiger partial charge in [-0.1, -0.05) is 11.6 Å². The van der Waals surface area contributed by atoms with Gasteiger partial charge in [-0.2, -0.15) is 0 Å². The van der Waals surface area contributed by atoms with E-state index in [-0.39, 0.29) is 24.1 Å². The first kappa shape index (κ1) is 19.5. The highest BCUT2D eigenvalue weighted by atomic mass is 35.5. The van der Waals surface area contributed by atoms with Crippen LogP contribution in [0.25, 0.3) is 22.4 Å². The van der Waals surface area contributed by atoms with E-state index in [1.54, 1.807) is 24.3 Å². The van der Waals surface area contributed by atoms with Crippen LogP contribution in [0.4, 0.5) is 10.1 Å². The molecule has 0 radical (unpaired) electrons. The number of H-pyrrole nitrogens is 1. The van der Waals surface area contributed by atoms with Crippen molar-refractivity contribution in [3.05, 3.63) is 47.2 Å². The molecule has 142 valence electrons. The molecule has 0 atom stereocenters. The summed E-state index contributed by atoms with van der Waals surface area (Å²) >= 11 is 5.99. The largest absolute Gasteiger partial charge is 0.481 e. The number of rotatable bonds is 3. The van der Waals surface area contributed by atoms with Gasteiger partial charge in [-0.05, 0) is 49.2 Å². The standard InChI is InChI=1S/C19H17ClFN3O2.ClH/c20-12-1-4-16-17(9-12)23-18(22-16)14-10-13(2-3-15(14)21)24-7-5-11(6-8-24)19(25)26;/h1-4,9-11H,5-8H2,(H,22,23)(H,25,26);1H. The minimum Gasteiger partial charge on any atom is -0.481 e. The van der Waals surface area contributed by atoms with Crippen molar-refractivity contribution in [2.75, 3.05) is 18.0 Å². The number of carboxylic acid groups (broad SMARTS) is 1. The smallest absolute Gasteiger partial charge is 0.306 e. The van der Waals surface area contributed by atoms with Crippen molar-refractivity contribution in [1.29, 1.82) is 0 Å². The second kappa shape index (κ2) is 7.74. The topological polar surface area (TPSA) is 69.2 Å². The van der Waals surface area contributed by atoms with Crippen molar-refractivity contribution in [2.24, 2.45) is 5.92 Å². The Kier molecular flexibility index (Phi) is 5.58. The van der Waals surface area contributed by atoms with Gasteiger partial charge in [-0.25, -0.2) is 9.37 Å². The van der Waals surface area contributed by atoms with Crippen LogP contribution in [0.2, 0.25) is 5.02 Å². The molecule has 1 fully saturated rings. The SMILES string of the molecule is Cl.O=C(O)C1CCN(c2ccc(F)c(-c3nc4cc(Cl)ccc4[nH]3)c2)CC1. The minimum atomic E-state index is -0.745. The van der Waals surface area contributed by atoms with Crippen molar-refractivity contribution < 1.29 is 14.3 Å². The molecule has 0 saturated carbocycles. The molecule has 0 spiro atoms. The van der Waals surface area contributed by atoms with Crippen molar-refractivity contribution in [1.82, 2.24) is 9.97 Å². The normalized spacial score (nSPS) is 15.0. The van der Waals surface area contributed by atoms with E-state index in [4.69, 9.17) is 16.7 Å². The number of benzene rings is 2. The second-order valence-electron chi connectivity index (χ2n) is 6.51. The van der Waals surface area contributed by atoms with E-state index in [0.29, 0.717) is 47.9 Å². The van der Waals surface area contributed by atoms with Gasteiger partial charge >= 0.3 is 5.97 Å². The number of anilines is 1. The number of hydrogen-bond donors (Lipinski definition) is 2. The number of carbonyl (C=O) groups is 1. The Hall–Kier alpha value is -2.31. The zero-order valence-corrected chi connectivity index (χ0v) is 15.9. The summed E-state index contributed by atoms with van der Waals surface area (Å²) in [7, 11) is 0. The first-order valence-electron chi connectivity index (χ1n) is 8.44. The van der Waals surface area contributed by atoms with Gasteiger partial charge < -0.3 is 15.0 Å². The predicted octanol–water partition coefficient (Wildman–Crippen LogP) is 4.75. The number of aromatic nitrogens is 2. The molecule has 1 aromatic heterocycles. The highest BCUT2D eigenvalue weighted by molar-refractivity contribution is 6.31. The fourth-order valence-electron chi connectivity index (χ4n) is 3.38. The van der Waals surface area contributed by atoms with Gasteiger partial charge in [-0.15, -0.1) is 12.4 Å². The molecule has 1 aliphatic rings. The molecule has 2 N–H and O–H groups in total. The molecular formula is C19H18Cl2FN3O2. The van der Waals surface area contributed by atoms with Gasteiger partial charge in [0.2, 0.25) is 0 Å². The summed E-state index contributed by atoms with van der Waals surface area (Å²) in [5.74, 6) is -0.960. The number of aromatic amines is 1. The third-order valence-corrected chi connectivity index (χ3v) is 5.09. The minimum absolute atomic E-state index is 0. The maximum absolute atomic E-state index is 14.4. The van der Waals surface area contributed by atoms with E-state index in [1.165, 1.54) is 6.07 Å². The summed E-state index contributed by atoms with van der Waals surface area (Å²) in [6, 6.07) is 10.2. The van der Waals surface area contributed by atoms with Gasteiger partial charge in [0.15, 0.2) is 0 Å². The molecule has 0 unspecified atom stereocenters. The predicted molar refractivity (Wildman–Crippen MR) is 106 cm³/mol. The number of carboxylic acids is 1. The van der Waals surface area contributed by atoms with E-state index in [2.05, 4.69) is 14.9 Å². The molecule has 1 aliphatic heterocycles. The summed E-state index contributed by atoms with van der Waals surface area (Å²) in [6.07, 6.45) is 1.18. The average molecular weight is 410 g/mol. The molecule has 27 heavy (non-hydrogen) atoms. The highest BCUT2D eigenvalue weighted by Gasteiger charge is 2.25. The number of aliphatic carboxylic acids is 1. The molecule has 2 aromatic carbocycles. The molecule has 1 saturated heterocycles. The molecule has 0 bridgehead atoms. The van der Waals surface area contributed by atoms with Crippen molar-refractivity contribution in [3.63, 3.8) is 0 Å². The van der Waals surface area contributed by atoms with Crippen LogP contribution in [0.3, 0.4) is 0 Å². The fraction of sp³-hybridized carbons (Fsp3) is 0.263. The van der Waals surface area contributed by atoms with Crippen molar-refractivity contribution in [2.45, 2.75) is 12.8 Å². The average Bonchev–Trinajstić information content (AvgIpc) is 3.05. The zero-order chi connectivity index (χ0) is 18.3. The maximum Gasteiger partial charge on any atom is 0.306 e. The number of piperidine rings is 1. The quantitative estimate of drug-likeness (QED) is 0.654. The summed E-state index contributed by atoms with van der Waals surface area (Å²) in [5.41, 5.74) is 2.72. The van der Waals surface area contributed by atoms with Crippen LogP contribution >= 0.6 is 24.0 Å². The Morgan fingerprint density at radius 3 is 2.67 bits per heavy atom. The number of nitrogens with one attached hydrogen (secondary N) is 1. The number of hydrogen-bond acceptors (Lipinski definition) is 3. The molecule has 0 aliphatic carbocycles. The summed E-state index contributed by atoms with van der Waals surface area (Å²) in [5, 5.41) is 9.70. The van der Waals surface area contributed by atoms with E-state index < -0.39 is 5.97 Å². The lowest BCUT2D eigenvalue weighted by atomic mass is 9.96. The van der Waals surface area contributed by atoms with E-state index in [0.717, 1.165) is 11.2 Å². The Morgan fingerprint density at radius 1 is 1.22 bits per heavy atom. The maximum atomic E-state index is 14.4. The van der Waals surface area contributed by atoms with Gasteiger partial charge in [0.05, 0.1) is 22.5 Å². The molecule has 0 amide bonds. The van der Waals surface area contributed by atoms with Crippen LogP contribution in [-0.2, 0) is 4.79 Å². The first-order chi connectivity index (χ1) is 12.5. The van der Waals surface area contributed by atoms with Gasteiger partial charge in [0, 0.05) is 23.8 Å². The lowest BCUT2D eigenvalue weighted by Gasteiger charge is -2.32. The Bertz CT molecular complexity index is 984. The van der Waals surface area contributed by atoms with E-state index in [9.17, 15) is 9.18 Å². The summed E-state index contributed by atoms with van der Waals surface area (Å²) in [6.45, 7) is 1.27. The van der Waals surface area contributed by atoms with Crippen molar-refractivity contribution in [3.8, 4) is 11.4 Å². The number of fused-ring (bicyclic) bond motifs is 1. The molecular weight excluding hydrogens is 392 g/mol. The van der Waals surface area contributed by atoms with Crippen LogP contribution in [0, 0.1) is 11.7 Å². The molecule has 5 nitrogen and oxygen atoms in total. The van der Waals surface area contributed by atoms with Crippen LogP contribution in [0.5, 0.6) is 0 Å². The first-order valence-corrected chi connectivity index (χ1v) is 8.82.